The van der Waals surface area contributed by atoms with Gasteiger partial charge >= 0.3 is 11.9 Å². The van der Waals surface area contributed by atoms with E-state index in [1.165, 1.54) is 6.08 Å². The second-order valence-corrected chi connectivity index (χ2v) is 5.24. The zero-order valence-corrected chi connectivity index (χ0v) is 15.2. The number of ether oxygens (including phenoxy) is 2. The summed E-state index contributed by atoms with van der Waals surface area (Å²) in [4.78, 5) is 26.3. The number of carbonyl (C=O) groups excluding carboxylic acids is 2. The Morgan fingerprint density at radius 3 is 2.24 bits per heavy atom. The molecule has 0 atom stereocenters. The summed E-state index contributed by atoms with van der Waals surface area (Å²) < 4.78 is 10.2. The van der Waals surface area contributed by atoms with Gasteiger partial charge in [-0.05, 0) is 44.7 Å². The van der Waals surface area contributed by atoms with Crippen LogP contribution >= 0.6 is 0 Å². The minimum Gasteiger partial charge on any atom is -0.462 e. The molecule has 0 aliphatic heterocycles. The Kier molecular flexibility index (Phi) is 9.75. The standard InChI is InChI=1S/C20H27NO4/c1-4-21(5-2)15-10-13-18(19(22)24-6-3)20(23)25-16-14-17-11-8-7-9-12-17/h7-13,15H,4-6,14,16H2,1-3H3/b15-10+,18-13+. The topological polar surface area (TPSA) is 55.8 Å². The summed E-state index contributed by atoms with van der Waals surface area (Å²) in [5, 5.41) is 0. The van der Waals surface area contributed by atoms with Crippen LogP contribution in [0.3, 0.4) is 0 Å². The summed E-state index contributed by atoms with van der Waals surface area (Å²) in [7, 11) is 0. The molecule has 5 nitrogen and oxygen atoms in total. The Hall–Kier alpha value is -2.56. The van der Waals surface area contributed by atoms with E-state index in [4.69, 9.17) is 9.47 Å². The SMILES string of the molecule is CCOC(=O)/C(=C\C=C\N(CC)CC)C(=O)OCCc1ccccc1. The molecule has 0 unspecified atom stereocenters. The number of hydrogen-bond acceptors (Lipinski definition) is 5. The highest BCUT2D eigenvalue weighted by Crippen LogP contribution is 2.06. The molecule has 0 amide bonds. The summed E-state index contributed by atoms with van der Waals surface area (Å²) >= 11 is 0. The van der Waals surface area contributed by atoms with Crippen molar-refractivity contribution < 1.29 is 19.1 Å². The average molecular weight is 345 g/mol. The van der Waals surface area contributed by atoms with Gasteiger partial charge in [0.1, 0.15) is 5.57 Å². The van der Waals surface area contributed by atoms with Crippen molar-refractivity contribution in [3.8, 4) is 0 Å². The molecule has 0 aliphatic rings. The van der Waals surface area contributed by atoms with Gasteiger partial charge in [-0.3, -0.25) is 0 Å². The van der Waals surface area contributed by atoms with Gasteiger partial charge in [0.25, 0.3) is 0 Å². The van der Waals surface area contributed by atoms with Crippen LogP contribution in [0.4, 0.5) is 0 Å². The van der Waals surface area contributed by atoms with E-state index >= 15 is 0 Å². The van der Waals surface area contributed by atoms with Crippen LogP contribution in [0.5, 0.6) is 0 Å². The van der Waals surface area contributed by atoms with Gasteiger partial charge in [-0.25, -0.2) is 9.59 Å². The van der Waals surface area contributed by atoms with Gasteiger partial charge in [0.15, 0.2) is 0 Å². The van der Waals surface area contributed by atoms with E-state index in [2.05, 4.69) is 0 Å². The highest BCUT2D eigenvalue weighted by Gasteiger charge is 2.20. The maximum Gasteiger partial charge on any atom is 0.345 e. The van der Waals surface area contributed by atoms with Gasteiger partial charge in [-0.1, -0.05) is 30.3 Å². The fourth-order valence-electron chi connectivity index (χ4n) is 2.11. The molecule has 1 aromatic carbocycles. The molecule has 25 heavy (non-hydrogen) atoms. The van der Waals surface area contributed by atoms with Gasteiger partial charge in [-0.15, -0.1) is 0 Å². The van der Waals surface area contributed by atoms with Crippen molar-refractivity contribution in [3.05, 3.63) is 59.8 Å². The number of carbonyl (C=O) groups is 2. The molecule has 0 radical (unpaired) electrons. The van der Waals surface area contributed by atoms with Crippen LogP contribution in [0.15, 0.2) is 54.3 Å². The Bertz CT molecular complexity index is 589. The third kappa shape index (κ3) is 7.70. The number of allylic oxidation sites excluding steroid dienone is 2. The van der Waals surface area contributed by atoms with E-state index in [0.29, 0.717) is 6.42 Å². The normalized spacial score (nSPS) is 11.4. The lowest BCUT2D eigenvalue weighted by Gasteiger charge is -2.14. The molecule has 0 aliphatic carbocycles. The molecule has 136 valence electrons. The van der Waals surface area contributed by atoms with Crippen LogP contribution in [0.25, 0.3) is 0 Å². The molecule has 0 bridgehead atoms. The van der Waals surface area contributed by atoms with Gasteiger partial charge in [-0.2, -0.15) is 0 Å². The van der Waals surface area contributed by atoms with Gasteiger partial charge < -0.3 is 14.4 Å². The van der Waals surface area contributed by atoms with Crippen LogP contribution in [0.2, 0.25) is 0 Å². The summed E-state index contributed by atoms with van der Waals surface area (Å²) in [5.74, 6) is -1.34. The molecule has 0 N–H and O–H groups in total. The lowest BCUT2D eigenvalue weighted by Crippen LogP contribution is -2.19. The van der Waals surface area contributed by atoms with E-state index in [0.717, 1.165) is 18.7 Å². The van der Waals surface area contributed by atoms with Crippen LogP contribution in [0, 0.1) is 0 Å². The Balaban J connectivity index is 2.70. The van der Waals surface area contributed by atoms with Crippen molar-refractivity contribution >= 4 is 11.9 Å². The predicted octanol–water partition coefficient (Wildman–Crippen LogP) is 3.12. The lowest BCUT2D eigenvalue weighted by atomic mass is 10.2. The molecule has 0 fully saturated rings. The van der Waals surface area contributed by atoms with E-state index < -0.39 is 11.9 Å². The number of nitrogens with zero attached hydrogens (tertiary/aromatic N) is 1. The third-order valence-corrected chi connectivity index (χ3v) is 3.55. The number of hydrogen-bond donors (Lipinski definition) is 0. The maximum absolute atomic E-state index is 12.2. The highest BCUT2D eigenvalue weighted by atomic mass is 16.6. The lowest BCUT2D eigenvalue weighted by molar-refractivity contribution is -0.146. The van der Waals surface area contributed by atoms with Crippen LogP contribution in [0.1, 0.15) is 26.3 Å². The summed E-state index contributed by atoms with van der Waals surface area (Å²) in [6.07, 6.45) is 5.54. The van der Waals surface area contributed by atoms with E-state index in [1.54, 1.807) is 13.0 Å². The second-order valence-electron chi connectivity index (χ2n) is 5.24. The van der Waals surface area contributed by atoms with Crippen molar-refractivity contribution in [2.45, 2.75) is 27.2 Å². The molecular weight excluding hydrogens is 318 g/mol. The summed E-state index contributed by atoms with van der Waals surface area (Å²) in [6.45, 7) is 7.85. The molecule has 1 rings (SSSR count). The van der Waals surface area contributed by atoms with Gasteiger partial charge in [0, 0.05) is 19.5 Å². The minimum atomic E-state index is -0.670. The fraction of sp³-hybridized carbons (Fsp3) is 0.400. The smallest absolute Gasteiger partial charge is 0.345 e. The van der Waals surface area contributed by atoms with Crippen LogP contribution < -0.4 is 0 Å². The predicted molar refractivity (Wildman–Crippen MR) is 97.9 cm³/mol. The summed E-state index contributed by atoms with van der Waals surface area (Å²) in [6, 6.07) is 9.71. The molecule has 1 aromatic rings. The quantitative estimate of drug-likeness (QED) is 0.214. The van der Waals surface area contributed by atoms with E-state index in [1.807, 2.05) is 55.3 Å². The molecule has 0 saturated heterocycles. The monoisotopic (exact) mass is 345 g/mol. The first-order chi connectivity index (χ1) is 12.1. The molecule has 0 spiro atoms. The summed E-state index contributed by atoms with van der Waals surface area (Å²) in [5.41, 5.74) is 0.969. The van der Waals surface area contributed by atoms with Gasteiger partial charge in [0.2, 0.25) is 0 Å². The van der Waals surface area contributed by atoms with Crippen molar-refractivity contribution in [3.63, 3.8) is 0 Å². The Morgan fingerprint density at radius 1 is 1.00 bits per heavy atom. The second kappa shape index (κ2) is 11.9. The zero-order valence-electron chi connectivity index (χ0n) is 15.2. The minimum absolute atomic E-state index is 0.0988. The zero-order chi connectivity index (χ0) is 18.5. The molecular formula is C20H27NO4. The molecule has 0 heterocycles. The first-order valence-electron chi connectivity index (χ1n) is 8.63. The molecule has 5 heteroatoms. The van der Waals surface area contributed by atoms with Gasteiger partial charge in [0.05, 0.1) is 13.2 Å². The number of benzene rings is 1. The van der Waals surface area contributed by atoms with Crippen molar-refractivity contribution in [2.24, 2.45) is 0 Å². The highest BCUT2D eigenvalue weighted by molar-refractivity contribution is 6.14. The number of esters is 2. The fourth-order valence-corrected chi connectivity index (χ4v) is 2.11. The molecule has 0 saturated carbocycles. The Labute approximate surface area is 149 Å². The van der Waals surface area contributed by atoms with Crippen LogP contribution in [-0.4, -0.2) is 43.1 Å². The largest absolute Gasteiger partial charge is 0.462 e. The molecule has 0 aromatic heterocycles. The van der Waals surface area contributed by atoms with Crippen molar-refractivity contribution in [1.29, 1.82) is 0 Å². The first kappa shape index (κ1) is 20.5. The first-order valence-corrected chi connectivity index (χ1v) is 8.63. The third-order valence-electron chi connectivity index (χ3n) is 3.55. The maximum atomic E-state index is 12.2. The Morgan fingerprint density at radius 2 is 1.64 bits per heavy atom. The van der Waals surface area contributed by atoms with Crippen LogP contribution in [-0.2, 0) is 25.5 Å². The number of rotatable bonds is 10. The van der Waals surface area contributed by atoms with Crippen molar-refractivity contribution in [2.75, 3.05) is 26.3 Å². The average Bonchev–Trinajstić information content (AvgIpc) is 2.63. The van der Waals surface area contributed by atoms with E-state index in [-0.39, 0.29) is 18.8 Å². The van der Waals surface area contributed by atoms with Crippen molar-refractivity contribution in [1.82, 2.24) is 4.90 Å². The van der Waals surface area contributed by atoms with E-state index in [9.17, 15) is 9.59 Å².